The topological polar surface area (TPSA) is 123 Å². The van der Waals surface area contributed by atoms with Crippen molar-refractivity contribution in [2.75, 3.05) is 25.6 Å². The zero-order chi connectivity index (χ0) is 19.8. The van der Waals surface area contributed by atoms with Crippen LogP contribution < -0.4 is 15.4 Å². The lowest BCUT2D eigenvalue weighted by molar-refractivity contribution is -0.384. The molecule has 142 valence electrons. The Morgan fingerprint density at radius 3 is 2.70 bits per heavy atom. The summed E-state index contributed by atoms with van der Waals surface area (Å²) in [6, 6.07) is 9.99. The van der Waals surface area contributed by atoms with Crippen LogP contribution in [-0.2, 0) is 4.74 Å². The first-order valence-electron chi connectivity index (χ1n) is 7.73. The lowest BCUT2D eigenvalue weighted by Crippen LogP contribution is -2.34. The Morgan fingerprint density at radius 2 is 2.00 bits per heavy atom. The van der Waals surface area contributed by atoms with Crippen LogP contribution in [0.25, 0.3) is 0 Å². The second-order valence-electron chi connectivity index (χ2n) is 5.20. The molecule has 0 saturated carbocycles. The van der Waals surface area contributed by atoms with E-state index in [2.05, 4.69) is 10.6 Å². The maximum absolute atomic E-state index is 12.4. The summed E-state index contributed by atoms with van der Waals surface area (Å²) in [6.07, 6.45) is 0. The molecule has 0 atom stereocenters. The number of non-ortho nitro benzene ring substituents is 1. The second kappa shape index (κ2) is 9.46. The fraction of sp³-hybridized carbons (Fsp3) is 0.176. The van der Waals surface area contributed by atoms with Gasteiger partial charge in [-0.15, -0.1) is 0 Å². The van der Waals surface area contributed by atoms with Crippen LogP contribution >= 0.6 is 12.2 Å². The molecule has 0 aliphatic rings. The first kappa shape index (κ1) is 20.1. The van der Waals surface area contributed by atoms with E-state index in [1.165, 1.54) is 7.11 Å². The van der Waals surface area contributed by atoms with Gasteiger partial charge in [-0.3, -0.25) is 20.2 Å². The van der Waals surface area contributed by atoms with Crippen molar-refractivity contribution in [3.63, 3.8) is 0 Å². The second-order valence-corrected chi connectivity index (χ2v) is 5.61. The number of amides is 1. The van der Waals surface area contributed by atoms with Crippen molar-refractivity contribution < 1.29 is 24.3 Å². The minimum absolute atomic E-state index is 0.000806. The first-order valence-corrected chi connectivity index (χ1v) is 8.13. The number of para-hydroxylation sites is 1. The van der Waals surface area contributed by atoms with Gasteiger partial charge in [-0.1, -0.05) is 12.1 Å². The summed E-state index contributed by atoms with van der Waals surface area (Å²) in [6.45, 7) is 0.632. The van der Waals surface area contributed by atoms with E-state index in [1.54, 1.807) is 24.3 Å². The molecule has 0 aliphatic carbocycles. The summed E-state index contributed by atoms with van der Waals surface area (Å²) in [4.78, 5) is 22.7. The van der Waals surface area contributed by atoms with Crippen molar-refractivity contribution >= 4 is 34.6 Å². The van der Waals surface area contributed by atoms with Crippen LogP contribution in [0.2, 0.25) is 0 Å². The Bertz CT molecular complexity index is 858. The van der Waals surface area contributed by atoms with E-state index in [4.69, 9.17) is 21.7 Å². The molecule has 9 nitrogen and oxygen atoms in total. The zero-order valence-corrected chi connectivity index (χ0v) is 15.1. The number of thiocarbonyl (C=S) groups is 1. The molecule has 0 fully saturated rings. The van der Waals surface area contributed by atoms with Crippen LogP contribution in [-0.4, -0.2) is 41.4 Å². The molecule has 0 spiro atoms. The third-order valence-corrected chi connectivity index (χ3v) is 3.55. The number of nitrogens with one attached hydrogen (secondary N) is 2. The fourth-order valence-electron chi connectivity index (χ4n) is 2.08. The smallest absolute Gasteiger partial charge is 0.271 e. The minimum atomic E-state index is -0.611. The van der Waals surface area contributed by atoms with Gasteiger partial charge in [0, 0.05) is 19.2 Å². The van der Waals surface area contributed by atoms with E-state index < -0.39 is 10.8 Å². The molecule has 0 saturated heterocycles. The number of benzene rings is 2. The third-order valence-electron chi connectivity index (χ3n) is 3.34. The predicted octanol–water partition coefficient (Wildman–Crippen LogP) is 2.45. The maximum atomic E-state index is 12.4. The molecule has 27 heavy (non-hydrogen) atoms. The van der Waals surface area contributed by atoms with Gasteiger partial charge in [0.25, 0.3) is 11.6 Å². The van der Waals surface area contributed by atoms with Crippen LogP contribution in [0.15, 0.2) is 42.5 Å². The van der Waals surface area contributed by atoms with Gasteiger partial charge < -0.3 is 19.9 Å². The van der Waals surface area contributed by atoms with Crippen molar-refractivity contribution in [3.05, 3.63) is 58.1 Å². The van der Waals surface area contributed by atoms with Gasteiger partial charge in [0.2, 0.25) is 0 Å². The van der Waals surface area contributed by atoms with Gasteiger partial charge >= 0.3 is 0 Å². The third kappa shape index (κ3) is 5.62. The molecule has 1 amide bonds. The van der Waals surface area contributed by atoms with Crippen LogP contribution in [0, 0.1) is 10.1 Å². The Kier molecular flexibility index (Phi) is 7.03. The van der Waals surface area contributed by atoms with Crippen molar-refractivity contribution in [2.24, 2.45) is 0 Å². The van der Waals surface area contributed by atoms with Crippen molar-refractivity contribution in [3.8, 4) is 11.5 Å². The number of rotatable bonds is 7. The van der Waals surface area contributed by atoms with E-state index in [0.29, 0.717) is 12.4 Å². The summed E-state index contributed by atoms with van der Waals surface area (Å²) in [5.74, 6) is -0.431. The molecule has 2 aromatic rings. The molecule has 0 aliphatic heterocycles. The first-order chi connectivity index (χ1) is 12.9. The number of phenolic OH excluding ortho intramolecular Hbond substituents is 1. The number of nitro groups is 1. The molecule has 10 heteroatoms. The van der Waals surface area contributed by atoms with Gasteiger partial charge in [0.15, 0.2) is 5.11 Å². The number of hydrogen-bond donors (Lipinski definition) is 3. The van der Waals surface area contributed by atoms with E-state index in [-0.39, 0.29) is 34.4 Å². The molecule has 0 radical (unpaired) electrons. The SMILES string of the molecule is COCCOc1ccccc1C(=O)NC(=S)Nc1cc([N+](=O)[O-])ccc1O. The molecule has 0 heterocycles. The summed E-state index contributed by atoms with van der Waals surface area (Å²) >= 11 is 5.05. The number of nitro benzene ring substituents is 1. The standard InChI is InChI=1S/C17H17N3O6S/c1-25-8-9-26-15-5-3-2-4-12(15)16(22)19-17(27)18-13-10-11(20(23)24)6-7-14(13)21/h2-7,10,21H,8-9H2,1H3,(H2,18,19,22,27). The van der Waals surface area contributed by atoms with Crippen molar-refractivity contribution in [2.45, 2.75) is 0 Å². The number of methoxy groups -OCH3 is 1. The van der Waals surface area contributed by atoms with Crippen molar-refractivity contribution in [1.29, 1.82) is 0 Å². The minimum Gasteiger partial charge on any atom is -0.506 e. The van der Waals surface area contributed by atoms with Gasteiger partial charge in [0.05, 0.1) is 22.8 Å². The largest absolute Gasteiger partial charge is 0.506 e. The summed E-state index contributed by atoms with van der Waals surface area (Å²) in [7, 11) is 1.54. The maximum Gasteiger partial charge on any atom is 0.271 e. The highest BCUT2D eigenvalue weighted by Gasteiger charge is 2.16. The summed E-state index contributed by atoms with van der Waals surface area (Å²) < 4.78 is 10.4. The Morgan fingerprint density at radius 1 is 1.26 bits per heavy atom. The van der Waals surface area contributed by atoms with Crippen LogP contribution in [0.3, 0.4) is 0 Å². The van der Waals surface area contributed by atoms with E-state index in [0.717, 1.165) is 18.2 Å². The highest BCUT2D eigenvalue weighted by molar-refractivity contribution is 7.80. The number of ether oxygens (including phenoxy) is 2. The molecule has 0 aromatic heterocycles. The number of phenols is 1. The molecule has 0 bridgehead atoms. The predicted molar refractivity (Wildman–Crippen MR) is 102 cm³/mol. The Balaban J connectivity index is 2.07. The molecule has 0 unspecified atom stereocenters. The average molecular weight is 391 g/mol. The van der Waals surface area contributed by atoms with Crippen LogP contribution in [0.4, 0.5) is 11.4 Å². The van der Waals surface area contributed by atoms with Crippen LogP contribution in [0.5, 0.6) is 11.5 Å². The fourth-order valence-corrected chi connectivity index (χ4v) is 2.28. The quantitative estimate of drug-likeness (QED) is 0.216. The lowest BCUT2D eigenvalue weighted by atomic mass is 10.2. The highest BCUT2D eigenvalue weighted by atomic mass is 32.1. The number of hydrogen-bond acceptors (Lipinski definition) is 7. The lowest BCUT2D eigenvalue weighted by Gasteiger charge is -2.13. The molecular formula is C17H17N3O6S. The number of carbonyl (C=O) groups excluding carboxylic acids is 1. The number of nitrogens with zero attached hydrogens (tertiary/aromatic N) is 1. The van der Waals surface area contributed by atoms with E-state index >= 15 is 0 Å². The number of anilines is 1. The Hall–Kier alpha value is -3.24. The van der Waals surface area contributed by atoms with Gasteiger partial charge in [-0.25, -0.2) is 0 Å². The van der Waals surface area contributed by atoms with Gasteiger partial charge in [0.1, 0.15) is 18.1 Å². The van der Waals surface area contributed by atoms with E-state index in [9.17, 15) is 20.0 Å². The van der Waals surface area contributed by atoms with Crippen LogP contribution in [0.1, 0.15) is 10.4 Å². The number of carbonyl (C=O) groups is 1. The highest BCUT2D eigenvalue weighted by Crippen LogP contribution is 2.27. The zero-order valence-electron chi connectivity index (χ0n) is 14.3. The number of aromatic hydroxyl groups is 1. The Labute approximate surface area is 160 Å². The normalized spacial score (nSPS) is 10.1. The summed E-state index contributed by atoms with van der Waals surface area (Å²) in [5.41, 5.74) is 0.0152. The van der Waals surface area contributed by atoms with Crippen molar-refractivity contribution in [1.82, 2.24) is 5.32 Å². The average Bonchev–Trinajstić information content (AvgIpc) is 2.63. The van der Waals surface area contributed by atoms with E-state index in [1.807, 2.05) is 0 Å². The molecule has 2 aromatic carbocycles. The molecule has 2 rings (SSSR count). The molecule has 3 N–H and O–H groups in total. The monoisotopic (exact) mass is 391 g/mol. The van der Waals surface area contributed by atoms with Gasteiger partial charge in [-0.05, 0) is 30.4 Å². The molecular weight excluding hydrogens is 374 g/mol. The van der Waals surface area contributed by atoms with Gasteiger partial charge in [-0.2, -0.15) is 0 Å². The summed E-state index contributed by atoms with van der Waals surface area (Å²) in [5, 5.41) is 25.5.